The van der Waals surface area contributed by atoms with Gasteiger partial charge in [0.25, 0.3) is 0 Å². The quantitative estimate of drug-likeness (QED) is 0.262. The second-order valence-electron chi connectivity index (χ2n) is 8.51. The molecule has 1 heterocycles. The van der Waals surface area contributed by atoms with Gasteiger partial charge >= 0.3 is 12.1 Å². The predicted molar refractivity (Wildman–Crippen MR) is 148 cm³/mol. The van der Waals surface area contributed by atoms with Crippen LogP contribution in [-0.4, -0.2) is 68.0 Å². The first-order valence-electron chi connectivity index (χ1n) is 12.1. The molecule has 0 saturated carbocycles. The third kappa shape index (κ3) is 7.29. The van der Waals surface area contributed by atoms with Gasteiger partial charge in [-0.2, -0.15) is 0 Å². The Bertz CT molecular complexity index is 1390. The van der Waals surface area contributed by atoms with Crippen LogP contribution in [0.4, 0.5) is 9.93 Å². The van der Waals surface area contributed by atoms with E-state index in [-0.39, 0.29) is 12.3 Å². The molecule has 0 radical (unpaired) electrons. The summed E-state index contributed by atoms with van der Waals surface area (Å²) in [5.74, 6) is 0.712. The number of carboxylic acids is 1. The van der Waals surface area contributed by atoms with Gasteiger partial charge in [0.15, 0.2) is 16.6 Å². The molecule has 1 aromatic heterocycles. The van der Waals surface area contributed by atoms with Crippen LogP contribution in [-0.2, 0) is 11.3 Å². The first-order chi connectivity index (χ1) is 18.9. The fourth-order valence-electron chi connectivity index (χ4n) is 3.72. The minimum Gasteiger partial charge on any atom is -0.497 e. The summed E-state index contributed by atoms with van der Waals surface area (Å²) in [4.78, 5) is 32.0. The van der Waals surface area contributed by atoms with Crippen LogP contribution in [0, 0.1) is 0 Å². The topological polar surface area (TPSA) is 111 Å². The number of aromatic nitrogens is 1. The molecule has 0 aliphatic carbocycles. The lowest BCUT2D eigenvalue weighted by atomic mass is 10.2. The maximum absolute atomic E-state index is 12.8. The highest BCUT2D eigenvalue weighted by Crippen LogP contribution is 2.30. The smallest absolute Gasteiger partial charge is 0.416 e. The van der Waals surface area contributed by atoms with Crippen molar-refractivity contribution in [2.75, 3.05) is 45.9 Å². The Hall–Kier alpha value is -4.51. The Morgan fingerprint density at radius 2 is 1.69 bits per heavy atom. The molecule has 3 aromatic carbocycles. The predicted octanol–water partition coefficient (Wildman–Crippen LogP) is 4.91. The average molecular weight is 552 g/mol. The largest absolute Gasteiger partial charge is 0.497 e. The molecule has 0 atom stereocenters. The number of carbonyl (C=O) groups excluding carboxylic acids is 1. The molecule has 4 rings (SSSR count). The fourth-order valence-corrected chi connectivity index (χ4v) is 4.67. The molecule has 39 heavy (non-hydrogen) atoms. The Balaban J connectivity index is 1.41. The van der Waals surface area contributed by atoms with Crippen molar-refractivity contribution in [1.29, 1.82) is 0 Å². The zero-order chi connectivity index (χ0) is 27.8. The zero-order valence-corrected chi connectivity index (χ0v) is 22.6. The zero-order valence-electron chi connectivity index (χ0n) is 21.8. The summed E-state index contributed by atoms with van der Waals surface area (Å²) in [6.45, 7) is 0.383. The van der Waals surface area contributed by atoms with Crippen LogP contribution >= 0.6 is 11.3 Å². The van der Waals surface area contributed by atoms with Crippen LogP contribution in [0.3, 0.4) is 0 Å². The van der Waals surface area contributed by atoms with Crippen molar-refractivity contribution >= 4 is 38.7 Å². The van der Waals surface area contributed by atoms with Crippen LogP contribution < -0.4 is 23.8 Å². The van der Waals surface area contributed by atoms with Gasteiger partial charge in [-0.05, 0) is 54.1 Å². The standard InChI is InChI=1S/C28H29N3O7S/c1-30(27-29-22-6-4-5-7-25(22)39-27)14-15-37-24-16-19(8-13-23(24)36-3)17-31(18-26(32)33)28(34)38-21-11-9-20(35-2)10-12-21/h4-13,16H,14-15,17-18H2,1-3H3,(H,32,33). The number of ether oxygens (including phenoxy) is 4. The number of anilines is 1. The minimum atomic E-state index is -1.16. The number of hydrogen-bond donors (Lipinski definition) is 1. The molecule has 0 fully saturated rings. The molecule has 0 spiro atoms. The molecule has 1 amide bonds. The van der Waals surface area contributed by atoms with E-state index in [0.717, 1.165) is 20.2 Å². The Morgan fingerprint density at radius 3 is 2.38 bits per heavy atom. The van der Waals surface area contributed by atoms with Gasteiger partial charge in [0.1, 0.15) is 24.7 Å². The second-order valence-corrected chi connectivity index (χ2v) is 9.52. The summed E-state index contributed by atoms with van der Waals surface area (Å²) in [6.07, 6.45) is -0.793. The highest BCUT2D eigenvalue weighted by atomic mass is 32.1. The summed E-state index contributed by atoms with van der Waals surface area (Å²) in [6, 6.07) is 19.6. The Morgan fingerprint density at radius 1 is 0.949 bits per heavy atom. The number of aliphatic carboxylic acids is 1. The molecule has 1 N–H and O–H groups in total. The number of carbonyl (C=O) groups is 2. The molecule has 0 saturated heterocycles. The Labute approximate surface area is 229 Å². The molecule has 11 heteroatoms. The number of methoxy groups -OCH3 is 2. The van der Waals surface area contributed by atoms with Gasteiger partial charge in [-0.1, -0.05) is 29.5 Å². The molecule has 4 aromatic rings. The molecule has 0 bridgehead atoms. The number of nitrogens with zero attached hydrogens (tertiary/aromatic N) is 3. The number of likely N-dealkylation sites (N-methyl/N-ethyl adjacent to an activating group) is 1. The van der Waals surface area contributed by atoms with Gasteiger partial charge < -0.3 is 29.0 Å². The molecule has 204 valence electrons. The van der Waals surface area contributed by atoms with E-state index >= 15 is 0 Å². The van der Waals surface area contributed by atoms with Gasteiger partial charge in [0.05, 0.1) is 31.0 Å². The first kappa shape index (κ1) is 27.5. The lowest BCUT2D eigenvalue weighted by molar-refractivity contribution is -0.138. The lowest BCUT2D eigenvalue weighted by Crippen LogP contribution is -2.37. The highest BCUT2D eigenvalue weighted by Gasteiger charge is 2.21. The number of amides is 1. The number of hydrogen-bond acceptors (Lipinski definition) is 9. The fraction of sp³-hybridized carbons (Fsp3) is 0.250. The van der Waals surface area contributed by atoms with E-state index in [9.17, 15) is 14.7 Å². The maximum atomic E-state index is 12.8. The van der Waals surface area contributed by atoms with E-state index in [1.165, 1.54) is 14.2 Å². The third-order valence-electron chi connectivity index (χ3n) is 5.74. The molecule has 0 aliphatic heterocycles. The van der Waals surface area contributed by atoms with Crippen molar-refractivity contribution in [3.8, 4) is 23.0 Å². The van der Waals surface area contributed by atoms with Crippen LogP contribution in [0.5, 0.6) is 23.0 Å². The van der Waals surface area contributed by atoms with E-state index in [2.05, 4.69) is 4.98 Å². The van der Waals surface area contributed by atoms with Gasteiger partial charge in [0, 0.05) is 13.6 Å². The molecule has 0 unspecified atom stereocenters. The third-order valence-corrected chi connectivity index (χ3v) is 6.89. The van der Waals surface area contributed by atoms with E-state index in [4.69, 9.17) is 18.9 Å². The molecule has 0 aliphatic rings. The van der Waals surface area contributed by atoms with E-state index in [0.29, 0.717) is 36.0 Å². The SMILES string of the molecule is COc1ccc(OC(=O)N(CC(=O)O)Cc2ccc(OC)c(OCCN(C)c3nc4ccccc4s3)c2)cc1. The van der Waals surface area contributed by atoms with Gasteiger partial charge in [-0.25, -0.2) is 9.78 Å². The van der Waals surface area contributed by atoms with E-state index in [1.54, 1.807) is 53.8 Å². The van der Waals surface area contributed by atoms with Crippen LogP contribution in [0.1, 0.15) is 5.56 Å². The average Bonchev–Trinajstić information content (AvgIpc) is 3.38. The van der Waals surface area contributed by atoms with Crippen molar-refractivity contribution in [1.82, 2.24) is 9.88 Å². The Kier molecular flexibility index (Phi) is 9.06. The van der Waals surface area contributed by atoms with Crippen LogP contribution in [0.15, 0.2) is 66.7 Å². The summed E-state index contributed by atoms with van der Waals surface area (Å²) in [5, 5.41) is 10.3. The lowest BCUT2D eigenvalue weighted by Gasteiger charge is -2.21. The van der Waals surface area contributed by atoms with Crippen molar-refractivity contribution in [3.05, 3.63) is 72.3 Å². The number of fused-ring (bicyclic) bond motifs is 1. The van der Waals surface area contributed by atoms with Crippen molar-refractivity contribution in [3.63, 3.8) is 0 Å². The minimum absolute atomic E-state index is 0.00670. The summed E-state index contributed by atoms with van der Waals surface area (Å²) in [5.41, 5.74) is 1.61. The van der Waals surface area contributed by atoms with Crippen molar-refractivity contribution in [2.45, 2.75) is 6.54 Å². The highest BCUT2D eigenvalue weighted by molar-refractivity contribution is 7.22. The first-order valence-corrected chi connectivity index (χ1v) is 12.9. The summed E-state index contributed by atoms with van der Waals surface area (Å²) < 4.78 is 23.1. The van der Waals surface area contributed by atoms with Gasteiger partial charge in [-0.15, -0.1) is 0 Å². The van der Waals surface area contributed by atoms with Crippen LogP contribution in [0.2, 0.25) is 0 Å². The number of para-hydroxylation sites is 1. The summed E-state index contributed by atoms with van der Waals surface area (Å²) in [7, 11) is 5.02. The monoisotopic (exact) mass is 551 g/mol. The van der Waals surface area contributed by atoms with Crippen molar-refractivity contribution < 1.29 is 33.6 Å². The van der Waals surface area contributed by atoms with E-state index in [1.807, 2.05) is 36.2 Å². The van der Waals surface area contributed by atoms with E-state index < -0.39 is 18.6 Å². The van der Waals surface area contributed by atoms with Gasteiger partial charge in [-0.3, -0.25) is 9.69 Å². The number of carboxylic acid groups (broad SMARTS) is 1. The van der Waals surface area contributed by atoms with Crippen molar-refractivity contribution in [2.24, 2.45) is 0 Å². The summed E-state index contributed by atoms with van der Waals surface area (Å²) >= 11 is 1.61. The second kappa shape index (κ2) is 12.8. The number of rotatable bonds is 12. The molecule has 10 nitrogen and oxygen atoms in total. The normalized spacial score (nSPS) is 10.6. The van der Waals surface area contributed by atoms with Gasteiger partial charge in [0.2, 0.25) is 0 Å². The molecular formula is C28H29N3O7S. The van der Waals surface area contributed by atoms with Crippen LogP contribution in [0.25, 0.3) is 10.2 Å². The number of benzene rings is 3. The maximum Gasteiger partial charge on any atom is 0.416 e. The molecular weight excluding hydrogens is 522 g/mol. The number of thiazole rings is 1.